The van der Waals surface area contributed by atoms with E-state index < -0.39 is 15.9 Å². The number of aliphatic hydroxyl groups excluding tert-OH is 1. The van der Waals surface area contributed by atoms with Gasteiger partial charge in [-0.15, -0.1) is 0 Å². The summed E-state index contributed by atoms with van der Waals surface area (Å²) in [6, 6.07) is 0. The second kappa shape index (κ2) is 5.40. The van der Waals surface area contributed by atoms with Gasteiger partial charge in [0.2, 0.25) is 0 Å². The van der Waals surface area contributed by atoms with E-state index in [0.29, 0.717) is 30.2 Å². The molecule has 0 spiro atoms. The van der Waals surface area contributed by atoms with Crippen LogP contribution in [-0.2, 0) is 22.7 Å². The van der Waals surface area contributed by atoms with E-state index in [1.165, 1.54) is 0 Å². The molecule has 18 heavy (non-hydrogen) atoms. The Labute approximate surface area is 107 Å². The van der Waals surface area contributed by atoms with E-state index in [0.717, 1.165) is 12.8 Å². The van der Waals surface area contributed by atoms with Crippen LogP contribution in [0.3, 0.4) is 0 Å². The van der Waals surface area contributed by atoms with E-state index in [1.807, 2.05) is 0 Å². The molecule has 6 heteroatoms. The van der Waals surface area contributed by atoms with Gasteiger partial charge in [0.05, 0.1) is 23.8 Å². The first-order chi connectivity index (χ1) is 8.44. The van der Waals surface area contributed by atoms with Crippen molar-refractivity contribution in [3.8, 4) is 0 Å². The molecule has 1 fully saturated rings. The highest BCUT2D eigenvalue weighted by Crippen LogP contribution is 2.22. The first kappa shape index (κ1) is 13.5. The van der Waals surface area contributed by atoms with Crippen molar-refractivity contribution in [3.63, 3.8) is 0 Å². The summed E-state index contributed by atoms with van der Waals surface area (Å²) in [5, 5.41) is 9.24. The Balaban J connectivity index is 1.95. The molecule has 0 aliphatic carbocycles. The highest BCUT2D eigenvalue weighted by molar-refractivity contribution is 7.91. The van der Waals surface area contributed by atoms with Crippen LogP contribution >= 0.6 is 0 Å². The van der Waals surface area contributed by atoms with E-state index in [9.17, 15) is 13.5 Å². The summed E-state index contributed by atoms with van der Waals surface area (Å²) in [5.74, 6) is 1.89. The topological polar surface area (TPSA) is 80.4 Å². The van der Waals surface area contributed by atoms with Gasteiger partial charge in [-0.25, -0.2) is 13.4 Å². The molecule has 1 aliphatic rings. The van der Waals surface area contributed by atoms with Crippen molar-refractivity contribution in [1.82, 2.24) is 4.98 Å². The second-order valence-electron chi connectivity index (χ2n) is 5.10. The van der Waals surface area contributed by atoms with Crippen LogP contribution in [0, 0.1) is 5.92 Å². The summed E-state index contributed by atoms with van der Waals surface area (Å²) < 4.78 is 28.5. The van der Waals surface area contributed by atoms with Crippen molar-refractivity contribution in [2.75, 3.05) is 11.5 Å². The predicted octanol–water partition coefficient (Wildman–Crippen LogP) is 0.965. The SMILES string of the molecule is CC(O)Cc1cnc(CC2CCCS(=O)(=O)C2)o1. The van der Waals surface area contributed by atoms with Gasteiger partial charge in [-0.2, -0.15) is 0 Å². The number of rotatable bonds is 4. The molecular weight excluding hydrogens is 254 g/mol. The Morgan fingerprint density at radius 3 is 3.06 bits per heavy atom. The fourth-order valence-electron chi connectivity index (χ4n) is 2.35. The summed E-state index contributed by atoms with van der Waals surface area (Å²) in [4.78, 5) is 4.14. The molecule has 2 heterocycles. The molecule has 1 N–H and O–H groups in total. The number of aliphatic hydroxyl groups is 1. The van der Waals surface area contributed by atoms with Crippen LogP contribution in [0.2, 0.25) is 0 Å². The zero-order valence-electron chi connectivity index (χ0n) is 10.5. The van der Waals surface area contributed by atoms with E-state index in [4.69, 9.17) is 4.42 Å². The zero-order chi connectivity index (χ0) is 13.2. The Bertz CT molecular complexity index is 492. The average molecular weight is 273 g/mol. The van der Waals surface area contributed by atoms with Crippen LogP contribution in [0.4, 0.5) is 0 Å². The molecular formula is C12H19NO4S. The van der Waals surface area contributed by atoms with Crippen LogP contribution < -0.4 is 0 Å². The maximum Gasteiger partial charge on any atom is 0.194 e. The number of nitrogens with zero attached hydrogens (tertiary/aromatic N) is 1. The van der Waals surface area contributed by atoms with E-state index >= 15 is 0 Å². The quantitative estimate of drug-likeness (QED) is 0.884. The highest BCUT2D eigenvalue weighted by Gasteiger charge is 2.26. The summed E-state index contributed by atoms with van der Waals surface area (Å²) >= 11 is 0. The average Bonchev–Trinajstić information content (AvgIpc) is 2.62. The first-order valence-electron chi connectivity index (χ1n) is 6.27. The standard InChI is InChI=1S/C12H19NO4S/c1-9(14)5-11-7-13-12(17-11)6-10-3-2-4-18(15,16)8-10/h7,9-10,14H,2-6,8H2,1H3. The van der Waals surface area contributed by atoms with Crippen LogP contribution in [0.1, 0.15) is 31.4 Å². The molecule has 1 aliphatic heterocycles. The van der Waals surface area contributed by atoms with Crippen LogP contribution in [0.25, 0.3) is 0 Å². The maximum absolute atomic E-state index is 11.5. The molecule has 5 nitrogen and oxygen atoms in total. The van der Waals surface area contributed by atoms with Gasteiger partial charge >= 0.3 is 0 Å². The normalized spacial score (nSPS) is 24.9. The minimum Gasteiger partial charge on any atom is -0.446 e. The third-order valence-electron chi connectivity index (χ3n) is 3.12. The van der Waals surface area contributed by atoms with Gasteiger partial charge in [0, 0.05) is 12.8 Å². The maximum atomic E-state index is 11.5. The number of oxazole rings is 1. The Kier molecular flexibility index (Phi) is 4.07. The zero-order valence-corrected chi connectivity index (χ0v) is 11.3. The fraction of sp³-hybridized carbons (Fsp3) is 0.750. The van der Waals surface area contributed by atoms with Crippen molar-refractivity contribution < 1.29 is 17.9 Å². The second-order valence-corrected chi connectivity index (χ2v) is 7.33. The minimum absolute atomic E-state index is 0.113. The summed E-state index contributed by atoms with van der Waals surface area (Å²) in [5.41, 5.74) is 0. The Hall–Kier alpha value is -0.880. The number of aromatic nitrogens is 1. The molecule has 1 saturated heterocycles. The number of hydrogen-bond acceptors (Lipinski definition) is 5. The smallest absolute Gasteiger partial charge is 0.194 e. The van der Waals surface area contributed by atoms with Gasteiger partial charge in [-0.3, -0.25) is 0 Å². The van der Waals surface area contributed by atoms with Gasteiger partial charge in [-0.05, 0) is 25.7 Å². The number of hydrogen-bond donors (Lipinski definition) is 1. The lowest BCUT2D eigenvalue weighted by molar-refractivity contribution is 0.186. The summed E-state index contributed by atoms with van der Waals surface area (Å²) in [6.07, 6.45) is 3.80. The Morgan fingerprint density at radius 2 is 2.39 bits per heavy atom. The van der Waals surface area contributed by atoms with Crippen LogP contribution in [0.15, 0.2) is 10.6 Å². The summed E-state index contributed by atoms with van der Waals surface area (Å²) in [7, 11) is -2.87. The molecule has 2 atom stereocenters. The van der Waals surface area contributed by atoms with Gasteiger partial charge in [0.1, 0.15) is 5.76 Å². The van der Waals surface area contributed by atoms with E-state index in [1.54, 1.807) is 13.1 Å². The largest absolute Gasteiger partial charge is 0.446 e. The van der Waals surface area contributed by atoms with E-state index in [-0.39, 0.29) is 11.7 Å². The number of sulfone groups is 1. The minimum atomic E-state index is -2.87. The molecule has 2 rings (SSSR count). The van der Waals surface area contributed by atoms with Crippen molar-refractivity contribution in [2.24, 2.45) is 5.92 Å². The van der Waals surface area contributed by atoms with Crippen molar-refractivity contribution >= 4 is 9.84 Å². The molecule has 0 saturated carbocycles. The lowest BCUT2D eigenvalue weighted by Crippen LogP contribution is -2.26. The van der Waals surface area contributed by atoms with Gasteiger partial charge in [0.25, 0.3) is 0 Å². The van der Waals surface area contributed by atoms with Crippen molar-refractivity contribution in [2.45, 2.75) is 38.7 Å². The predicted molar refractivity (Wildman–Crippen MR) is 67.0 cm³/mol. The van der Waals surface area contributed by atoms with Gasteiger partial charge in [-0.1, -0.05) is 0 Å². The van der Waals surface area contributed by atoms with Crippen LogP contribution in [0.5, 0.6) is 0 Å². The third kappa shape index (κ3) is 3.81. The highest BCUT2D eigenvalue weighted by atomic mass is 32.2. The molecule has 2 unspecified atom stereocenters. The van der Waals surface area contributed by atoms with Crippen LogP contribution in [-0.4, -0.2) is 36.1 Å². The monoisotopic (exact) mass is 273 g/mol. The molecule has 0 radical (unpaired) electrons. The molecule has 0 amide bonds. The molecule has 1 aromatic rings. The van der Waals surface area contributed by atoms with Gasteiger partial charge < -0.3 is 9.52 Å². The first-order valence-corrected chi connectivity index (χ1v) is 8.09. The Morgan fingerprint density at radius 1 is 1.61 bits per heavy atom. The molecule has 0 bridgehead atoms. The van der Waals surface area contributed by atoms with Crippen molar-refractivity contribution in [1.29, 1.82) is 0 Å². The molecule has 1 aromatic heterocycles. The molecule has 0 aromatic carbocycles. The fourth-order valence-corrected chi connectivity index (χ4v) is 4.13. The van der Waals surface area contributed by atoms with E-state index in [2.05, 4.69) is 4.98 Å². The lowest BCUT2D eigenvalue weighted by Gasteiger charge is -2.20. The third-order valence-corrected chi connectivity index (χ3v) is 5.01. The van der Waals surface area contributed by atoms with Gasteiger partial charge in [0.15, 0.2) is 15.7 Å². The lowest BCUT2D eigenvalue weighted by atomic mass is 10.0. The van der Waals surface area contributed by atoms with Crippen molar-refractivity contribution in [3.05, 3.63) is 17.8 Å². The summed E-state index contributed by atoms with van der Waals surface area (Å²) in [6.45, 7) is 1.69. The molecule has 102 valence electrons.